The number of rotatable bonds is 6. The molecule has 3 aromatic rings. The van der Waals surface area contributed by atoms with Crippen molar-refractivity contribution in [2.24, 2.45) is 0 Å². The van der Waals surface area contributed by atoms with Crippen LogP contribution in [0.2, 0.25) is 0 Å². The fourth-order valence-corrected chi connectivity index (χ4v) is 3.73. The van der Waals surface area contributed by atoms with Gasteiger partial charge in [-0.3, -0.25) is 0 Å². The Hall–Kier alpha value is -3.45. The lowest BCUT2D eigenvalue weighted by Gasteiger charge is -2.25. The highest BCUT2D eigenvalue weighted by Crippen LogP contribution is 2.22. The van der Waals surface area contributed by atoms with Crippen molar-refractivity contribution in [3.8, 4) is 11.1 Å². The number of hydrogen-bond donors (Lipinski definition) is 3. The number of urea groups is 1. The van der Waals surface area contributed by atoms with E-state index < -0.39 is 0 Å². The molecule has 1 aliphatic rings. The molecule has 7 nitrogen and oxygen atoms in total. The van der Waals surface area contributed by atoms with Crippen LogP contribution in [-0.4, -0.2) is 40.5 Å². The van der Waals surface area contributed by atoms with Gasteiger partial charge in [0.05, 0.1) is 6.04 Å². The molecule has 1 atom stereocenters. The first-order chi connectivity index (χ1) is 14.7. The molecule has 1 saturated heterocycles. The van der Waals surface area contributed by atoms with E-state index in [0.29, 0.717) is 5.69 Å². The van der Waals surface area contributed by atoms with Crippen LogP contribution in [0, 0.1) is 0 Å². The summed E-state index contributed by atoms with van der Waals surface area (Å²) >= 11 is 0. The van der Waals surface area contributed by atoms with Gasteiger partial charge in [0.25, 0.3) is 0 Å². The summed E-state index contributed by atoms with van der Waals surface area (Å²) in [4.78, 5) is 23.2. The molecule has 0 radical (unpaired) electrons. The number of amides is 2. The first kappa shape index (κ1) is 19.8. The van der Waals surface area contributed by atoms with Crippen molar-refractivity contribution in [3.63, 3.8) is 0 Å². The summed E-state index contributed by atoms with van der Waals surface area (Å²) < 4.78 is 0. The molecule has 2 amide bonds. The van der Waals surface area contributed by atoms with Crippen LogP contribution in [0.15, 0.2) is 67.0 Å². The maximum atomic E-state index is 12.8. The largest absolute Gasteiger partial charge is 0.368 e. The van der Waals surface area contributed by atoms with Crippen molar-refractivity contribution in [1.82, 2.24) is 20.2 Å². The van der Waals surface area contributed by atoms with Gasteiger partial charge in [-0.05, 0) is 49.2 Å². The van der Waals surface area contributed by atoms with Gasteiger partial charge in [-0.1, -0.05) is 42.5 Å². The summed E-state index contributed by atoms with van der Waals surface area (Å²) in [5.41, 5.74) is 9.11. The van der Waals surface area contributed by atoms with Gasteiger partial charge < -0.3 is 21.3 Å². The lowest BCUT2D eigenvalue weighted by Crippen LogP contribution is -2.39. The van der Waals surface area contributed by atoms with Crippen LogP contribution in [-0.2, 0) is 0 Å². The fraction of sp³-hybridized carbons (Fsp3) is 0.261. The first-order valence-corrected chi connectivity index (χ1v) is 10.2. The predicted octanol–water partition coefficient (Wildman–Crippen LogP) is 3.68. The summed E-state index contributed by atoms with van der Waals surface area (Å²) in [5, 5.41) is 6.10. The Kier molecular flexibility index (Phi) is 6.20. The Morgan fingerprint density at radius 3 is 2.47 bits per heavy atom. The number of carbonyl (C=O) groups excluding carboxylic acids is 1. The maximum Gasteiger partial charge on any atom is 0.319 e. The molecular formula is C23H26N6O. The molecule has 1 unspecified atom stereocenters. The van der Waals surface area contributed by atoms with E-state index in [-0.39, 0.29) is 18.0 Å². The summed E-state index contributed by atoms with van der Waals surface area (Å²) in [6, 6.07) is 17.4. The van der Waals surface area contributed by atoms with E-state index in [1.807, 2.05) is 42.5 Å². The highest BCUT2D eigenvalue weighted by Gasteiger charge is 2.20. The second-order valence-electron chi connectivity index (χ2n) is 7.48. The Balaban J connectivity index is 1.45. The van der Waals surface area contributed by atoms with E-state index in [0.717, 1.165) is 36.3 Å². The van der Waals surface area contributed by atoms with Gasteiger partial charge in [-0.15, -0.1) is 0 Å². The molecule has 30 heavy (non-hydrogen) atoms. The fourth-order valence-electron chi connectivity index (χ4n) is 3.73. The molecule has 0 bridgehead atoms. The quantitative estimate of drug-likeness (QED) is 0.584. The maximum absolute atomic E-state index is 12.8. The van der Waals surface area contributed by atoms with Crippen molar-refractivity contribution >= 4 is 17.7 Å². The van der Waals surface area contributed by atoms with Gasteiger partial charge in [0.2, 0.25) is 5.95 Å². The van der Waals surface area contributed by atoms with E-state index in [1.54, 1.807) is 12.4 Å². The molecule has 2 aromatic carbocycles. The smallest absolute Gasteiger partial charge is 0.319 e. The Labute approximate surface area is 176 Å². The Morgan fingerprint density at radius 2 is 1.73 bits per heavy atom. The SMILES string of the molecule is Nc1ncc(-c2cccc(NC(=O)NC(CN3CCCC3)c3ccccc3)c2)cn1. The van der Waals surface area contributed by atoms with E-state index >= 15 is 0 Å². The predicted molar refractivity (Wildman–Crippen MR) is 119 cm³/mol. The zero-order chi connectivity index (χ0) is 20.8. The minimum Gasteiger partial charge on any atom is -0.368 e. The van der Waals surface area contributed by atoms with Crippen LogP contribution < -0.4 is 16.4 Å². The van der Waals surface area contributed by atoms with Crippen LogP contribution in [0.1, 0.15) is 24.4 Å². The zero-order valence-corrected chi connectivity index (χ0v) is 16.8. The summed E-state index contributed by atoms with van der Waals surface area (Å²) in [6.45, 7) is 2.97. The molecule has 1 fully saturated rings. The molecule has 0 saturated carbocycles. The van der Waals surface area contributed by atoms with Crippen LogP contribution >= 0.6 is 0 Å². The molecule has 0 aliphatic carbocycles. The number of nitrogen functional groups attached to an aromatic ring is 1. The lowest BCUT2D eigenvalue weighted by molar-refractivity contribution is 0.240. The molecule has 1 aromatic heterocycles. The molecule has 0 spiro atoms. The summed E-state index contributed by atoms with van der Waals surface area (Å²) in [7, 11) is 0. The highest BCUT2D eigenvalue weighted by molar-refractivity contribution is 5.90. The average molecular weight is 403 g/mol. The third-order valence-corrected chi connectivity index (χ3v) is 5.27. The van der Waals surface area contributed by atoms with Gasteiger partial charge in [0, 0.05) is 30.2 Å². The van der Waals surface area contributed by atoms with Crippen molar-refractivity contribution in [2.45, 2.75) is 18.9 Å². The topological polar surface area (TPSA) is 96.2 Å². The van der Waals surface area contributed by atoms with Gasteiger partial charge in [-0.25, -0.2) is 14.8 Å². The van der Waals surface area contributed by atoms with Crippen molar-refractivity contribution in [2.75, 3.05) is 30.7 Å². The number of nitrogens with two attached hydrogens (primary N) is 1. The Morgan fingerprint density at radius 1 is 1.00 bits per heavy atom. The molecule has 1 aliphatic heterocycles. The number of benzene rings is 2. The molecule has 154 valence electrons. The third-order valence-electron chi connectivity index (χ3n) is 5.27. The summed E-state index contributed by atoms with van der Waals surface area (Å²) in [5.74, 6) is 0.234. The van der Waals surface area contributed by atoms with Crippen molar-refractivity contribution < 1.29 is 4.79 Å². The van der Waals surface area contributed by atoms with E-state index in [2.05, 4.69) is 37.6 Å². The van der Waals surface area contributed by atoms with Gasteiger partial charge in [0.15, 0.2) is 0 Å². The minimum absolute atomic E-state index is 0.0713. The number of carbonyl (C=O) groups is 1. The lowest BCUT2D eigenvalue weighted by atomic mass is 10.1. The number of nitrogens with zero attached hydrogens (tertiary/aromatic N) is 3. The monoisotopic (exact) mass is 402 g/mol. The first-order valence-electron chi connectivity index (χ1n) is 10.2. The van der Waals surface area contributed by atoms with Crippen LogP contribution in [0.5, 0.6) is 0 Å². The second kappa shape index (κ2) is 9.37. The zero-order valence-electron chi connectivity index (χ0n) is 16.8. The van der Waals surface area contributed by atoms with Crippen molar-refractivity contribution in [3.05, 3.63) is 72.6 Å². The third kappa shape index (κ3) is 5.12. The molecule has 4 rings (SSSR count). The van der Waals surface area contributed by atoms with Crippen molar-refractivity contribution in [1.29, 1.82) is 0 Å². The van der Waals surface area contributed by atoms with Gasteiger partial charge >= 0.3 is 6.03 Å². The van der Waals surface area contributed by atoms with E-state index in [9.17, 15) is 4.79 Å². The molecule has 2 heterocycles. The van der Waals surface area contributed by atoms with Crippen LogP contribution in [0.3, 0.4) is 0 Å². The number of hydrogen-bond acceptors (Lipinski definition) is 5. The van der Waals surface area contributed by atoms with E-state index in [4.69, 9.17) is 5.73 Å². The van der Waals surface area contributed by atoms with Crippen LogP contribution in [0.25, 0.3) is 11.1 Å². The summed E-state index contributed by atoms with van der Waals surface area (Å²) in [6.07, 6.45) is 5.77. The molecule has 4 N–H and O–H groups in total. The minimum atomic E-state index is -0.228. The molecular weight excluding hydrogens is 376 g/mol. The number of aromatic nitrogens is 2. The van der Waals surface area contributed by atoms with E-state index in [1.165, 1.54) is 12.8 Å². The average Bonchev–Trinajstić information content (AvgIpc) is 3.28. The number of nitrogens with one attached hydrogen (secondary N) is 2. The Bertz CT molecular complexity index is 970. The normalized spacial score (nSPS) is 14.9. The van der Waals surface area contributed by atoms with Crippen LogP contribution in [0.4, 0.5) is 16.4 Å². The highest BCUT2D eigenvalue weighted by atomic mass is 16.2. The standard InChI is InChI=1S/C23H26N6O/c24-22-25-14-19(15-26-22)18-9-6-10-20(13-18)27-23(30)28-21(16-29-11-4-5-12-29)17-7-2-1-3-8-17/h1-3,6-10,13-15,21H,4-5,11-12,16H2,(H2,24,25,26)(H2,27,28,30). The van der Waals surface area contributed by atoms with Gasteiger partial charge in [-0.2, -0.15) is 0 Å². The number of anilines is 2. The van der Waals surface area contributed by atoms with Gasteiger partial charge in [0.1, 0.15) is 0 Å². The molecule has 7 heteroatoms. The second-order valence-corrected chi connectivity index (χ2v) is 7.48. The number of likely N-dealkylation sites (tertiary alicyclic amines) is 1.